The van der Waals surface area contributed by atoms with Crippen LogP contribution in [0, 0.1) is 21.4 Å². The molecule has 15 heavy (non-hydrogen) atoms. The Balaban J connectivity index is 2.64. The summed E-state index contributed by atoms with van der Waals surface area (Å²) >= 11 is 5.92. The van der Waals surface area contributed by atoms with Gasteiger partial charge in [0.1, 0.15) is 0 Å². The molecular formula is C10H7ClN2O2. The number of hydrogen-bond donors (Lipinski definition) is 0. The predicted octanol–water partition coefficient (Wildman–Crippen LogP) is 2.80. The molecule has 1 fully saturated rings. The van der Waals surface area contributed by atoms with Gasteiger partial charge in [-0.1, -0.05) is 17.7 Å². The molecule has 0 aromatic heterocycles. The average Bonchev–Trinajstić information content (AvgIpc) is 2.98. The molecule has 4 nitrogen and oxygen atoms in total. The Labute approximate surface area is 91.2 Å². The van der Waals surface area contributed by atoms with E-state index in [9.17, 15) is 10.1 Å². The molecule has 0 amide bonds. The maximum Gasteiger partial charge on any atom is 0.275 e. The molecule has 1 aromatic rings. The first-order chi connectivity index (χ1) is 7.10. The van der Waals surface area contributed by atoms with Gasteiger partial charge in [0.15, 0.2) is 0 Å². The molecule has 0 saturated heterocycles. The van der Waals surface area contributed by atoms with Crippen LogP contribution in [0.5, 0.6) is 0 Å². The first-order valence-corrected chi connectivity index (χ1v) is 4.83. The molecule has 0 unspecified atom stereocenters. The summed E-state index contributed by atoms with van der Waals surface area (Å²) in [4.78, 5) is 10.3. The lowest BCUT2D eigenvalue weighted by Crippen LogP contribution is -2.07. The van der Waals surface area contributed by atoms with Crippen molar-refractivity contribution in [1.82, 2.24) is 0 Å². The maximum atomic E-state index is 10.8. The molecule has 0 atom stereocenters. The molecule has 1 aromatic carbocycles. The van der Waals surface area contributed by atoms with Crippen molar-refractivity contribution in [1.29, 1.82) is 5.26 Å². The molecule has 0 heterocycles. The van der Waals surface area contributed by atoms with Crippen LogP contribution in [0.4, 0.5) is 5.69 Å². The summed E-state index contributed by atoms with van der Waals surface area (Å²) in [6, 6.07) is 6.61. The Kier molecular flexibility index (Phi) is 2.13. The number of rotatable bonds is 2. The summed E-state index contributed by atoms with van der Waals surface area (Å²) in [6.07, 6.45) is 1.29. The summed E-state index contributed by atoms with van der Waals surface area (Å²) in [7, 11) is 0. The quantitative estimate of drug-likeness (QED) is 0.571. The SMILES string of the molecule is N#CC1(c2c(Cl)cccc2[N+](=O)[O-])CC1. The van der Waals surface area contributed by atoms with Crippen LogP contribution < -0.4 is 0 Å². The second-order valence-corrected chi connectivity index (χ2v) is 3.99. The highest BCUT2D eigenvalue weighted by Crippen LogP contribution is 2.52. The van der Waals surface area contributed by atoms with E-state index < -0.39 is 10.3 Å². The van der Waals surface area contributed by atoms with Gasteiger partial charge in [0.2, 0.25) is 0 Å². The van der Waals surface area contributed by atoms with Crippen LogP contribution >= 0.6 is 11.6 Å². The normalized spacial score (nSPS) is 16.8. The Hall–Kier alpha value is -1.60. The fourth-order valence-electron chi connectivity index (χ4n) is 1.68. The first kappa shape index (κ1) is 9.94. The maximum absolute atomic E-state index is 10.8. The van der Waals surface area contributed by atoms with Crippen LogP contribution in [0.1, 0.15) is 18.4 Å². The largest absolute Gasteiger partial charge is 0.275 e. The van der Waals surface area contributed by atoms with Crippen LogP contribution in [-0.2, 0) is 5.41 Å². The second kappa shape index (κ2) is 3.21. The number of nitrogens with zero attached hydrogens (tertiary/aromatic N) is 2. The third-order valence-electron chi connectivity index (χ3n) is 2.63. The number of halogens is 1. The van der Waals surface area contributed by atoms with Crippen LogP contribution in [0.2, 0.25) is 5.02 Å². The van der Waals surface area contributed by atoms with Crippen LogP contribution in [0.15, 0.2) is 18.2 Å². The second-order valence-electron chi connectivity index (χ2n) is 3.58. The molecule has 0 spiro atoms. The van der Waals surface area contributed by atoms with Crippen LogP contribution in [0.25, 0.3) is 0 Å². The standard InChI is InChI=1S/C10H7ClN2O2/c11-7-2-1-3-8(13(14)15)9(7)10(6-12)4-5-10/h1-3H,4-5H2. The average molecular weight is 223 g/mol. The highest BCUT2D eigenvalue weighted by molar-refractivity contribution is 6.31. The van der Waals surface area contributed by atoms with E-state index in [-0.39, 0.29) is 5.69 Å². The fraction of sp³-hybridized carbons (Fsp3) is 0.300. The molecule has 0 aliphatic heterocycles. The van der Waals surface area contributed by atoms with Crippen molar-refractivity contribution in [3.05, 3.63) is 38.9 Å². The molecule has 0 N–H and O–H groups in total. The van der Waals surface area contributed by atoms with Gasteiger partial charge in [-0.25, -0.2) is 0 Å². The molecule has 1 aliphatic carbocycles. The van der Waals surface area contributed by atoms with Gasteiger partial charge >= 0.3 is 0 Å². The molecule has 2 rings (SSSR count). The van der Waals surface area contributed by atoms with E-state index >= 15 is 0 Å². The van der Waals surface area contributed by atoms with Crippen LogP contribution in [-0.4, -0.2) is 4.92 Å². The minimum atomic E-state index is -0.721. The van der Waals surface area contributed by atoms with Gasteiger partial charge in [-0.05, 0) is 18.9 Å². The van der Waals surface area contributed by atoms with Gasteiger partial charge in [-0.2, -0.15) is 5.26 Å². The third kappa shape index (κ3) is 1.45. The topological polar surface area (TPSA) is 66.9 Å². The van der Waals surface area contributed by atoms with Gasteiger partial charge in [0.05, 0.1) is 27.0 Å². The summed E-state index contributed by atoms with van der Waals surface area (Å²) in [5.74, 6) is 0. The monoisotopic (exact) mass is 222 g/mol. The van der Waals surface area contributed by atoms with Gasteiger partial charge in [-0.15, -0.1) is 0 Å². The van der Waals surface area contributed by atoms with Crippen LogP contribution in [0.3, 0.4) is 0 Å². The highest BCUT2D eigenvalue weighted by atomic mass is 35.5. The molecular weight excluding hydrogens is 216 g/mol. The molecule has 76 valence electrons. The van der Waals surface area contributed by atoms with Crippen molar-refractivity contribution in [3.8, 4) is 6.07 Å². The molecule has 0 bridgehead atoms. The molecule has 1 aliphatic rings. The lowest BCUT2D eigenvalue weighted by atomic mass is 9.96. The third-order valence-corrected chi connectivity index (χ3v) is 2.95. The summed E-state index contributed by atoms with van der Waals surface area (Å²) in [5, 5.41) is 20.1. The van der Waals surface area contributed by atoms with E-state index in [4.69, 9.17) is 16.9 Å². The zero-order valence-electron chi connectivity index (χ0n) is 7.74. The Morgan fingerprint density at radius 2 is 2.20 bits per heavy atom. The summed E-state index contributed by atoms with van der Waals surface area (Å²) in [6.45, 7) is 0. The molecule has 5 heteroatoms. The summed E-state index contributed by atoms with van der Waals surface area (Å²) < 4.78 is 0. The lowest BCUT2D eigenvalue weighted by molar-refractivity contribution is -0.385. The van der Waals surface area contributed by atoms with Crippen molar-refractivity contribution in [2.24, 2.45) is 0 Å². The van der Waals surface area contributed by atoms with E-state index in [2.05, 4.69) is 6.07 Å². The molecule has 1 saturated carbocycles. The number of nitriles is 1. The van der Waals surface area contributed by atoms with Gasteiger partial charge < -0.3 is 0 Å². The number of hydrogen-bond acceptors (Lipinski definition) is 3. The zero-order valence-corrected chi connectivity index (χ0v) is 8.49. The minimum absolute atomic E-state index is 0.0541. The smallest absolute Gasteiger partial charge is 0.258 e. The van der Waals surface area contributed by atoms with Crippen molar-refractivity contribution in [3.63, 3.8) is 0 Å². The van der Waals surface area contributed by atoms with E-state index in [1.807, 2.05) is 0 Å². The van der Waals surface area contributed by atoms with E-state index in [0.29, 0.717) is 23.4 Å². The van der Waals surface area contributed by atoms with Gasteiger partial charge in [-0.3, -0.25) is 10.1 Å². The number of nitro groups is 1. The fourth-order valence-corrected chi connectivity index (χ4v) is 2.03. The number of benzene rings is 1. The number of nitro benzene ring substituents is 1. The van der Waals surface area contributed by atoms with E-state index in [1.165, 1.54) is 12.1 Å². The van der Waals surface area contributed by atoms with Crippen molar-refractivity contribution in [2.45, 2.75) is 18.3 Å². The molecule has 0 radical (unpaired) electrons. The van der Waals surface area contributed by atoms with Gasteiger partial charge in [0, 0.05) is 6.07 Å². The van der Waals surface area contributed by atoms with Crippen molar-refractivity contribution >= 4 is 17.3 Å². The lowest BCUT2D eigenvalue weighted by Gasteiger charge is -2.08. The predicted molar refractivity (Wildman–Crippen MR) is 54.6 cm³/mol. The van der Waals surface area contributed by atoms with Crippen molar-refractivity contribution in [2.75, 3.05) is 0 Å². The highest BCUT2D eigenvalue weighted by Gasteiger charge is 2.50. The summed E-state index contributed by atoms with van der Waals surface area (Å²) in [5.41, 5.74) is -0.401. The van der Waals surface area contributed by atoms with E-state index in [1.54, 1.807) is 6.07 Å². The van der Waals surface area contributed by atoms with Gasteiger partial charge in [0.25, 0.3) is 5.69 Å². The first-order valence-electron chi connectivity index (χ1n) is 4.45. The Morgan fingerprint density at radius 3 is 2.67 bits per heavy atom. The zero-order chi connectivity index (χ0) is 11.1. The Bertz CT molecular complexity index is 475. The van der Waals surface area contributed by atoms with E-state index in [0.717, 1.165) is 0 Å². The van der Waals surface area contributed by atoms with Crippen molar-refractivity contribution < 1.29 is 4.92 Å². The Morgan fingerprint density at radius 1 is 1.53 bits per heavy atom. The minimum Gasteiger partial charge on any atom is -0.258 e.